The molecule has 3 rings (SSSR count). The number of hydrogen-bond acceptors (Lipinski definition) is 3. The second-order valence-electron chi connectivity index (χ2n) is 7.69. The van der Waals surface area contributed by atoms with Gasteiger partial charge in [0.05, 0.1) is 12.5 Å². The molecular weight excluding hydrogens is 410 g/mol. The van der Waals surface area contributed by atoms with Crippen LogP contribution in [0, 0.1) is 17.8 Å². The average molecular weight is 438 g/mol. The number of hydrogen-bond donors (Lipinski definition) is 1. The summed E-state index contributed by atoms with van der Waals surface area (Å²) in [5.41, 5.74) is 0.841. The van der Waals surface area contributed by atoms with Crippen LogP contribution in [-0.4, -0.2) is 46.9 Å². The maximum atomic E-state index is 12.8. The number of likely N-dealkylation sites (tertiary alicyclic amines) is 1. The van der Waals surface area contributed by atoms with Crippen LogP contribution in [0.2, 0.25) is 0 Å². The number of carboxylic acid groups (broad SMARTS) is 1. The molecule has 1 unspecified atom stereocenters. The molecule has 0 bridgehead atoms. The highest BCUT2D eigenvalue weighted by Crippen LogP contribution is 2.36. The largest absolute Gasteiger partial charge is 0.492 e. The Balaban J connectivity index is 1.63. The summed E-state index contributed by atoms with van der Waals surface area (Å²) in [6.45, 7) is 2.13. The number of alkyl halides is 1. The number of amides is 1. The van der Waals surface area contributed by atoms with E-state index < -0.39 is 11.9 Å². The lowest BCUT2D eigenvalue weighted by Gasteiger charge is -2.22. The molecule has 1 aliphatic heterocycles. The van der Waals surface area contributed by atoms with E-state index in [9.17, 15) is 14.7 Å². The molecule has 5 nitrogen and oxygen atoms in total. The second-order valence-corrected chi connectivity index (χ2v) is 8.48. The van der Waals surface area contributed by atoms with Gasteiger partial charge in [-0.3, -0.25) is 9.59 Å². The zero-order valence-corrected chi connectivity index (χ0v) is 17.2. The van der Waals surface area contributed by atoms with Crippen LogP contribution in [0.1, 0.15) is 37.7 Å². The number of halogens is 1. The Morgan fingerprint density at radius 2 is 1.85 bits per heavy atom. The van der Waals surface area contributed by atoms with Gasteiger partial charge in [-0.1, -0.05) is 47.0 Å². The van der Waals surface area contributed by atoms with Crippen molar-refractivity contribution in [2.75, 3.05) is 25.0 Å². The van der Waals surface area contributed by atoms with E-state index in [1.165, 1.54) is 25.7 Å². The van der Waals surface area contributed by atoms with Crippen LogP contribution in [0.5, 0.6) is 5.75 Å². The molecule has 27 heavy (non-hydrogen) atoms. The molecule has 1 amide bonds. The Morgan fingerprint density at radius 1 is 1.19 bits per heavy atom. The summed E-state index contributed by atoms with van der Waals surface area (Å²) in [5, 5.41) is 10.4. The highest BCUT2D eigenvalue weighted by Gasteiger charge is 2.37. The van der Waals surface area contributed by atoms with E-state index in [2.05, 4.69) is 15.9 Å². The summed E-state index contributed by atoms with van der Waals surface area (Å²) in [5.74, 6) is 0.260. The number of carboxylic acids is 1. The molecule has 1 saturated carbocycles. The van der Waals surface area contributed by atoms with Gasteiger partial charge in [-0.15, -0.1) is 0 Å². The molecule has 3 atom stereocenters. The quantitative estimate of drug-likeness (QED) is 0.628. The molecule has 0 radical (unpaired) electrons. The number of aliphatic carboxylic acids is 1. The van der Waals surface area contributed by atoms with Gasteiger partial charge in [0.15, 0.2) is 0 Å². The van der Waals surface area contributed by atoms with Crippen LogP contribution in [0.3, 0.4) is 0 Å². The van der Waals surface area contributed by atoms with E-state index in [1.54, 1.807) is 0 Å². The maximum Gasteiger partial charge on any atom is 0.307 e. The Bertz CT molecular complexity index is 651. The van der Waals surface area contributed by atoms with E-state index >= 15 is 0 Å². The van der Waals surface area contributed by atoms with E-state index in [1.807, 2.05) is 29.2 Å². The fraction of sp³-hybridized carbons (Fsp3) is 0.619. The minimum atomic E-state index is -0.921. The van der Waals surface area contributed by atoms with Gasteiger partial charge in [-0.2, -0.15) is 0 Å². The minimum absolute atomic E-state index is 0.0179. The molecule has 1 heterocycles. The molecule has 0 spiro atoms. The highest BCUT2D eigenvalue weighted by molar-refractivity contribution is 9.09. The van der Waals surface area contributed by atoms with Crippen LogP contribution in [-0.2, 0) is 16.0 Å². The van der Waals surface area contributed by atoms with Crippen LogP contribution < -0.4 is 4.74 Å². The van der Waals surface area contributed by atoms with Crippen molar-refractivity contribution in [3.05, 3.63) is 29.8 Å². The van der Waals surface area contributed by atoms with Crippen molar-refractivity contribution in [2.24, 2.45) is 17.8 Å². The highest BCUT2D eigenvalue weighted by atomic mass is 79.9. The second kappa shape index (κ2) is 9.58. The first-order valence-corrected chi connectivity index (χ1v) is 11.0. The third-order valence-electron chi connectivity index (χ3n) is 5.87. The lowest BCUT2D eigenvalue weighted by atomic mass is 9.82. The zero-order chi connectivity index (χ0) is 19.2. The van der Waals surface area contributed by atoms with E-state index in [-0.39, 0.29) is 12.3 Å². The van der Waals surface area contributed by atoms with Gasteiger partial charge in [-0.25, -0.2) is 0 Å². The summed E-state index contributed by atoms with van der Waals surface area (Å²) in [6.07, 6.45) is 5.28. The van der Waals surface area contributed by atoms with E-state index in [0.717, 1.165) is 18.7 Å². The van der Waals surface area contributed by atoms with E-state index in [0.29, 0.717) is 35.9 Å². The first-order chi connectivity index (χ1) is 13.1. The van der Waals surface area contributed by atoms with Crippen LogP contribution >= 0.6 is 15.9 Å². The number of ether oxygens (including phenoxy) is 1. The molecule has 1 saturated heterocycles. The molecule has 1 aromatic rings. The van der Waals surface area contributed by atoms with Crippen LogP contribution in [0.4, 0.5) is 0 Å². The normalized spacial score (nSPS) is 22.9. The summed E-state index contributed by atoms with van der Waals surface area (Å²) in [7, 11) is 0. The summed E-state index contributed by atoms with van der Waals surface area (Å²) in [4.78, 5) is 26.5. The molecule has 6 heteroatoms. The third-order valence-corrected chi connectivity index (χ3v) is 6.20. The molecule has 148 valence electrons. The van der Waals surface area contributed by atoms with Gasteiger partial charge >= 0.3 is 5.97 Å². The van der Waals surface area contributed by atoms with Crippen molar-refractivity contribution in [3.63, 3.8) is 0 Å². The van der Waals surface area contributed by atoms with Gasteiger partial charge in [0.25, 0.3) is 0 Å². The molecule has 1 N–H and O–H groups in total. The SMILES string of the molecule is O=C(O)C(CC(=O)N1C[C@H]2CCCC[C@H]2C1)Cc1ccccc1OCCBr. The van der Waals surface area contributed by atoms with Crippen molar-refractivity contribution in [1.29, 1.82) is 0 Å². The van der Waals surface area contributed by atoms with Crippen molar-refractivity contribution in [2.45, 2.75) is 38.5 Å². The predicted octanol–water partition coefficient (Wildman–Crippen LogP) is 3.74. The lowest BCUT2D eigenvalue weighted by Crippen LogP contribution is -2.33. The van der Waals surface area contributed by atoms with E-state index in [4.69, 9.17) is 4.74 Å². The number of rotatable bonds is 8. The predicted molar refractivity (Wildman–Crippen MR) is 107 cm³/mol. The molecule has 1 aliphatic carbocycles. The number of benzene rings is 1. The van der Waals surface area contributed by atoms with Crippen LogP contribution in [0.15, 0.2) is 24.3 Å². The number of para-hydroxylation sites is 1. The van der Waals surface area contributed by atoms with Gasteiger partial charge in [0, 0.05) is 24.8 Å². The van der Waals surface area contributed by atoms with Crippen molar-refractivity contribution in [3.8, 4) is 5.75 Å². The van der Waals surface area contributed by atoms with Crippen molar-refractivity contribution >= 4 is 27.8 Å². The molecule has 0 aromatic heterocycles. The van der Waals surface area contributed by atoms with Gasteiger partial charge in [0.1, 0.15) is 5.75 Å². The first kappa shape index (κ1) is 20.2. The topological polar surface area (TPSA) is 66.8 Å². The van der Waals surface area contributed by atoms with Crippen LogP contribution in [0.25, 0.3) is 0 Å². The number of fused-ring (bicyclic) bond motifs is 1. The Morgan fingerprint density at radius 3 is 2.48 bits per heavy atom. The molecular formula is C21H28BrNO4. The minimum Gasteiger partial charge on any atom is -0.492 e. The van der Waals surface area contributed by atoms with Gasteiger partial charge < -0.3 is 14.7 Å². The summed E-state index contributed by atoms with van der Waals surface area (Å²) in [6, 6.07) is 7.49. The monoisotopic (exact) mass is 437 g/mol. The molecule has 2 aliphatic rings. The van der Waals surface area contributed by atoms with Crippen molar-refractivity contribution < 1.29 is 19.4 Å². The smallest absolute Gasteiger partial charge is 0.307 e. The number of nitrogens with zero attached hydrogens (tertiary/aromatic N) is 1. The Kier molecular flexibility index (Phi) is 7.16. The average Bonchev–Trinajstić information content (AvgIpc) is 3.11. The Labute approximate surface area is 169 Å². The first-order valence-electron chi connectivity index (χ1n) is 9.85. The third kappa shape index (κ3) is 5.24. The Hall–Kier alpha value is -1.56. The van der Waals surface area contributed by atoms with Gasteiger partial charge in [0.2, 0.25) is 5.91 Å². The molecule has 2 fully saturated rings. The summed E-state index contributed by atoms with van der Waals surface area (Å²) >= 11 is 3.33. The summed E-state index contributed by atoms with van der Waals surface area (Å²) < 4.78 is 5.70. The number of carbonyl (C=O) groups is 2. The standard InChI is InChI=1S/C21H28BrNO4/c22-9-10-27-19-8-4-3-5-15(19)11-18(21(25)26)12-20(24)23-13-16-6-1-2-7-17(16)14-23/h3-5,8,16-18H,1-2,6-7,9-14H2,(H,25,26)/t16-,17+,18?. The maximum absolute atomic E-state index is 12.8. The molecule has 1 aromatic carbocycles. The van der Waals surface area contributed by atoms with Gasteiger partial charge in [-0.05, 0) is 42.7 Å². The zero-order valence-electron chi connectivity index (χ0n) is 15.6. The fourth-order valence-corrected chi connectivity index (χ4v) is 4.59. The lowest BCUT2D eigenvalue weighted by molar-refractivity contribution is -0.145. The fourth-order valence-electron chi connectivity index (χ4n) is 4.42. The number of carbonyl (C=O) groups excluding carboxylic acids is 1. The van der Waals surface area contributed by atoms with Crippen molar-refractivity contribution in [1.82, 2.24) is 4.90 Å².